The second-order valence-corrected chi connectivity index (χ2v) is 4.95. The summed E-state index contributed by atoms with van der Waals surface area (Å²) in [5.41, 5.74) is 1.30. The van der Waals surface area contributed by atoms with Crippen LogP contribution in [0.5, 0.6) is 0 Å². The molecule has 2 aromatic heterocycles. The Bertz CT molecular complexity index is 583. The molecule has 0 spiro atoms. The summed E-state index contributed by atoms with van der Waals surface area (Å²) in [6.45, 7) is 0. The molecule has 0 bridgehead atoms. The van der Waals surface area contributed by atoms with Crippen molar-refractivity contribution in [2.45, 2.75) is 38.1 Å². The van der Waals surface area contributed by atoms with Crippen LogP contribution in [0.4, 0.5) is 5.95 Å². The molecule has 0 atom stereocenters. The van der Waals surface area contributed by atoms with E-state index in [0.717, 1.165) is 18.4 Å². The molecule has 3 N–H and O–H groups in total. The fourth-order valence-electron chi connectivity index (χ4n) is 2.51. The third kappa shape index (κ3) is 2.83. The molecule has 0 saturated heterocycles. The van der Waals surface area contributed by atoms with Crippen molar-refractivity contribution in [1.82, 2.24) is 20.2 Å². The minimum absolute atomic E-state index is 0.149. The van der Waals surface area contributed by atoms with Crippen molar-refractivity contribution in [3.05, 3.63) is 28.8 Å². The number of aromatic amines is 2. The molecule has 6 nitrogen and oxygen atoms in total. The maximum atomic E-state index is 11.7. The van der Waals surface area contributed by atoms with Gasteiger partial charge in [0.05, 0.1) is 11.9 Å². The Morgan fingerprint density at radius 3 is 2.84 bits per heavy atom. The molecule has 0 amide bonds. The molecule has 0 unspecified atom stereocenters. The maximum absolute atomic E-state index is 11.7. The Labute approximate surface area is 110 Å². The molecule has 3 rings (SSSR count). The second kappa shape index (κ2) is 5.26. The van der Waals surface area contributed by atoms with E-state index in [0.29, 0.717) is 17.7 Å². The predicted molar refractivity (Wildman–Crippen MR) is 72.9 cm³/mol. The molecule has 0 aromatic carbocycles. The van der Waals surface area contributed by atoms with Crippen molar-refractivity contribution in [1.29, 1.82) is 0 Å². The van der Waals surface area contributed by atoms with Crippen LogP contribution in [0.15, 0.2) is 23.3 Å². The summed E-state index contributed by atoms with van der Waals surface area (Å²) >= 11 is 0. The number of hydrogen-bond donors (Lipinski definition) is 3. The molecule has 1 aliphatic carbocycles. The van der Waals surface area contributed by atoms with E-state index in [9.17, 15) is 4.79 Å². The Morgan fingerprint density at radius 1 is 1.26 bits per heavy atom. The van der Waals surface area contributed by atoms with E-state index < -0.39 is 0 Å². The van der Waals surface area contributed by atoms with Crippen molar-refractivity contribution in [3.63, 3.8) is 0 Å². The van der Waals surface area contributed by atoms with Crippen molar-refractivity contribution in [3.8, 4) is 11.3 Å². The minimum Gasteiger partial charge on any atom is -0.353 e. The summed E-state index contributed by atoms with van der Waals surface area (Å²) in [6.07, 6.45) is 9.45. The van der Waals surface area contributed by atoms with Gasteiger partial charge in [0.15, 0.2) is 0 Å². The number of H-pyrrole nitrogens is 2. The standard InChI is InChI=1S/C13H17N5O/c19-12-6-11(9-7-14-15-8-9)17-13(18-12)16-10-4-2-1-3-5-10/h6-8,10H,1-5H2,(H,14,15)(H2,16,17,18,19). The highest BCUT2D eigenvalue weighted by atomic mass is 16.1. The van der Waals surface area contributed by atoms with Crippen LogP contribution in [-0.2, 0) is 0 Å². The van der Waals surface area contributed by atoms with Crippen molar-refractivity contribution in [2.24, 2.45) is 0 Å². The largest absolute Gasteiger partial charge is 0.353 e. The van der Waals surface area contributed by atoms with Crippen LogP contribution < -0.4 is 10.9 Å². The van der Waals surface area contributed by atoms with Crippen LogP contribution in [-0.4, -0.2) is 26.2 Å². The van der Waals surface area contributed by atoms with Crippen LogP contribution in [0.3, 0.4) is 0 Å². The Hall–Kier alpha value is -2.11. The Balaban J connectivity index is 1.83. The lowest BCUT2D eigenvalue weighted by molar-refractivity contribution is 0.461. The molecule has 100 valence electrons. The number of hydrogen-bond acceptors (Lipinski definition) is 4. The summed E-state index contributed by atoms with van der Waals surface area (Å²) < 4.78 is 0. The number of anilines is 1. The van der Waals surface area contributed by atoms with Crippen LogP contribution in [0.1, 0.15) is 32.1 Å². The van der Waals surface area contributed by atoms with Crippen LogP contribution >= 0.6 is 0 Å². The zero-order chi connectivity index (χ0) is 13.1. The van der Waals surface area contributed by atoms with Gasteiger partial charge in [-0.15, -0.1) is 0 Å². The topological polar surface area (TPSA) is 86.5 Å². The maximum Gasteiger partial charge on any atom is 0.252 e. The van der Waals surface area contributed by atoms with Gasteiger partial charge < -0.3 is 5.32 Å². The van der Waals surface area contributed by atoms with Gasteiger partial charge in [-0.25, -0.2) is 4.98 Å². The van der Waals surface area contributed by atoms with E-state index in [4.69, 9.17) is 0 Å². The van der Waals surface area contributed by atoms with Gasteiger partial charge in [-0.05, 0) is 12.8 Å². The highest BCUT2D eigenvalue weighted by Gasteiger charge is 2.14. The van der Waals surface area contributed by atoms with Crippen molar-refractivity contribution >= 4 is 5.95 Å². The first kappa shape index (κ1) is 12.0. The van der Waals surface area contributed by atoms with Crippen LogP contribution in [0.25, 0.3) is 11.3 Å². The second-order valence-electron chi connectivity index (χ2n) is 4.95. The van der Waals surface area contributed by atoms with Crippen LogP contribution in [0, 0.1) is 0 Å². The number of nitrogens with zero attached hydrogens (tertiary/aromatic N) is 2. The van der Waals surface area contributed by atoms with Gasteiger partial charge in [0, 0.05) is 23.9 Å². The van der Waals surface area contributed by atoms with Gasteiger partial charge in [-0.3, -0.25) is 14.9 Å². The molecule has 0 radical (unpaired) electrons. The van der Waals surface area contributed by atoms with E-state index in [-0.39, 0.29) is 5.56 Å². The summed E-state index contributed by atoms with van der Waals surface area (Å²) in [5.74, 6) is 0.551. The Kier molecular flexibility index (Phi) is 3.31. The molecule has 1 aliphatic rings. The van der Waals surface area contributed by atoms with Gasteiger partial charge in [0.1, 0.15) is 0 Å². The minimum atomic E-state index is -0.149. The molecule has 2 aromatic rings. The van der Waals surface area contributed by atoms with E-state index in [2.05, 4.69) is 25.5 Å². The van der Waals surface area contributed by atoms with E-state index in [1.165, 1.54) is 25.3 Å². The molecule has 19 heavy (non-hydrogen) atoms. The summed E-state index contributed by atoms with van der Waals surface area (Å²) in [6, 6.07) is 1.90. The SMILES string of the molecule is O=c1cc(-c2cn[nH]c2)nc(NC2CCCCC2)[nH]1. The monoisotopic (exact) mass is 259 g/mol. The lowest BCUT2D eigenvalue weighted by Crippen LogP contribution is -2.25. The van der Waals surface area contributed by atoms with E-state index >= 15 is 0 Å². The van der Waals surface area contributed by atoms with Gasteiger partial charge in [-0.1, -0.05) is 19.3 Å². The van der Waals surface area contributed by atoms with E-state index in [1.807, 2.05) is 0 Å². The predicted octanol–water partition coefficient (Wildman–Crippen LogP) is 1.90. The fourth-order valence-corrected chi connectivity index (χ4v) is 2.51. The summed E-state index contributed by atoms with van der Waals surface area (Å²) in [5, 5.41) is 9.93. The molecule has 6 heteroatoms. The summed E-state index contributed by atoms with van der Waals surface area (Å²) in [7, 11) is 0. The first-order chi connectivity index (χ1) is 9.31. The first-order valence-corrected chi connectivity index (χ1v) is 6.68. The quantitative estimate of drug-likeness (QED) is 0.785. The van der Waals surface area contributed by atoms with E-state index in [1.54, 1.807) is 12.4 Å². The smallest absolute Gasteiger partial charge is 0.252 e. The van der Waals surface area contributed by atoms with Gasteiger partial charge >= 0.3 is 0 Å². The summed E-state index contributed by atoms with van der Waals surface area (Å²) in [4.78, 5) is 18.9. The van der Waals surface area contributed by atoms with Crippen molar-refractivity contribution in [2.75, 3.05) is 5.32 Å². The lowest BCUT2D eigenvalue weighted by atomic mass is 9.96. The highest BCUT2D eigenvalue weighted by molar-refractivity contribution is 5.57. The molecule has 0 aliphatic heterocycles. The number of nitrogens with one attached hydrogen (secondary N) is 3. The third-order valence-corrected chi connectivity index (χ3v) is 3.48. The highest BCUT2D eigenvalue weighted by Crippen LogP contribution is 2.20. The average molecular weight is 259 g/mol. The van der Waals surface area contributed by atoms with Crippen molar-refractivity contribution < 1.29 is 0 Å². The first-order valence-electron chi connectivity index (χ1n) is 6.68. The van der Waals surface area contributed by atoms with Crippen LogP contribution in [0.2, 0.25) is 0 Å². The Morgan fingerprint density at radius 2 is 2.11 bits per heavy atom. The molecule has 1 saturated carbocycles. The lowest BCUT2D eigenvalue weighted by Gasteiger charge is -2.22. The average Bonchev–Trinajstić information content (AvgIpc) is 2.93. The molecular formula is C13H17N5O. The molecule has 1 fully saturated rings. The third-order valence-electron chi connectivity index (χ3n) is 3.48. The zero-order valence-corrected chi connectivity index (χ0v) is 10.6. The number of rotatable bonds is 3. The van der Waals surface area contributed by atoms with Gasteiger partial charge in [-0.2, -0.15) is 5.10 Å². The molecule has 2 heterocycles. The van der Waals surface area contributed by atoms with Gasteiger partial charge in [0.2, 0.25) is 5.95 Å². The zero-order valence-electron chi connectivity index (χ0n) is 10.6. The fraction of sp³-hybridized carbons (Fsp3) is 0.462. The normalized spacial score (nSPS) is 16.4. The number of aromatic nitrogens is 4. The molecular weight excluding hydrogens is 242 g/mol. The van der Waals surface area contributed by atoms with Gasteiger partial charge in [0.25, 0.3) is 5.56 Å².